The van der Waals surface area contributed by atoms with Crippen molar-refractivity contribution < 1.29 is 19.1 Å². The number of nitrogens with one attached hydrogen (secondary N) is 2. The number of hydrogen-bond acceptors (Lipinski definition) is 5. The Kier molecular flexibility index (Phi) is 7.35. The summed E-state index contributed by atoms with van der Waals surface area (Å²) >= 11 is 5.68. The molecule has 0 aliphatic heterocycles. The molecule has 0 saturated carbocycles. The Bertz CT molecular complexity index is 1080. The number of rotatable bonds is 7. The topological polar surface area (TPSA) is 97.4 Å². The highest BCUT2D eigenvalue weighted by Crippen LogP contribution is 2.15. The van der Waals surface area contributed by atoms with E-state index in [4.69, 9.17) is 16.3 Å². The van der Waals surface area contributed by atoms with E-state index in [0.29, 0.717) is 17.8 Å². The minimum absolute atomic E-state index is 0.174. The first-order valence-electron chi connectivity index (χ1n) is 9.43. The summed E-state index contributed by atoms with van der Waals surface area (Å²) in [6.07, 6.45) is 1.26. The maximum absolute atomic E-state index is 12.6. The number of carbonyl (C=O) groups is 3. The second-order valence-electron chi connectivity index (χ2n) is 6.71. The van der Waals surface area contributed by atoms with Gasteiger partial charge in [0.1, 0.15) is 5.15 Å². The van der Waals surface area contributed by atoms with Gasteiger partial charge in [0.25, 0.3) is 11.8 Å². The van der Waals surface area contributed by atoms with Crippen molar-refractivity contribution in [2.24, 2.45) is 0 Å². The molecule has 3 rings (SSSR count). The van der Waals surface area contributed by atoms with Crippen LogP contribution in [0.5, 0.6) is 0 Å². The van der Waals surface area contributed by atoms with Crippen molar-refractivity contribution in [2.75, 3.05) is 11.9 Å². The highest BCUT2D eigenvalue weighted by atomic mass is 35.5. The van der Waals surface area contributed by atoms with Crippen LogP contribution in [0.4, 0.5) is 5.69 Å². The average Bonchev–Trinajstić information content (AvgIpc) is 2.78. The molecule has 158 valence electrons. The van der Waals surface area contributed by atoms with Crippen LogP contribution < -0.4 is 10.6 Å². The van der Waals surface area contributed by atoms with Gasteiger partial charge in [-0.15, -0.1) is 0 Å². The lowest BCUT2D eigenvalue weighted by Gasteiger charge is -2.12. The van der Waals surface area contributed by atoms with Crippen molar-refractivity contribution in [3.8, 4) is 0 Å². The van der Waals surface area contributed by atoms with Crippen molar-refractivity contribution in [3.63, 3.8) is 0 Å². The van der Waals surface area contributed by atoms with Gasteiger partial charge in [-0.25, -0.2) is 9.78 Å². The third kappa shape index (κ3) is 6.38. The molecule has 0 spiro atoms. The van der Waals surface area contributed by atoms with E-state index in [2.05, 4.69) is 15.6 Å². The van der Waals surface area contributed by atoms with E-state index in [-0.39, 0.29) is 16.6 Å². The van der Waals surface area contributed by atoms with Crippen LogP contribution in [-0.2, 0) is 16.1 Å². The van der Waals surface area contributed by atoms with E-state index in [0.717, 1.165) is 11.1 Å². The standard InChI is InChI=1S/C23H20ClN3O4/c1-15-6-8-16(9-7-15)12-26-22(29)18-4-2-3-5-19(18)27-21(28)14-31-23(30)17-10-11-20(24)25-13-17/h2-11,13H,12,14H2,1H3,(H,26,29)(H,27,28). The second kappa shape index (κ2) is 10.4. The summed E-state index contributed by atoms with van der Waals surface area (Å²) in [5, 5.41) is 5.67. The van der Waals surface area contributed by atoms with E-state index in [9.17, 15) is 14.4 Å². The molecule has 31 heavy (non-hydrogen) atoms. The molecule has 0 fully saturated rings. The van der Waals surface area contributed by atoms with Crippen LogP contribution in [-0.4, -0.2) is 29.4 Å². The van der Waals surface area contributed by atoms with Gasteiger partial charge in [0, 0.05) is 12.7 Å². The van der Waals surface area contributed by atoms with Gasteiger partial charge >= 0.3 is 5.97 Å². The first kappa shape index (κ1) is 22.0. The fourth-order valence-electron chi connectivity index (χ4n) is 2.67. The predicted molar refractivity (Wildman–Crippen MR) is 117 cm³/mol. The van der Waals surface area contributed by atoms with Gasteiger partial charge in [-0.05, 0) is 36.8 Å². The first-order valence-corrected chi connectivity index (χ1v) is 9.81. The zero-order chi connectivity index (χ0) is 22.2. The van der Waals surface area contributed by atoms with Gasteiger partial charge in [-0.2, -0.15) is 0 Å². The van der Waals surface area contributed by atoms with Gasteiger partial charge in [-0.3, -0.25) is 9.59 Å². The van der Waals surface area contributed by atoms with E-state index in [1.54, 1.807) is 24.3 Å². The number of halogens is 1. The Morgan fingerprint density at radius 2 is 1.74 bits per heavy atom. The van der Waals surface area contributed by atoms with Crippen LogP contribution in [0.15, 0.2) is 66.9 Å². The Morgan fingerprint density at radius 1 is 1.00 bits per heavy atom. The normalized spacial score (nSPS) is 10.3. The molecule has 1 heterocycles. The van der Waals surface area contributed by atoms with E-state index in [1.165, 1.54) is 18.3 Å². The van der Waals surface area contributed by atoms with Gasteiger partial charge in [0.05, 0.1) is 16.8 Å². The molecule has 2 amide bonds. The van der Waals surface area contributed by atoms with Gasteiger partial charge in [0.2, 0.25) is 0 Å². The molecule has 0 aliphatic carbocycles. The number of aromatic nitrogens is 1. The number of para-hydroxylation sites is 1. The summed E-state index contributed by atoms with van der Waals surface area (Å²) in [7, 11) is 0. The number of ether oxygens (including phenoxy) is 1. The molecule has 0 saturated heterocycles. The van der Waals surface area contributed by atoms with Gasteiger partial charge in [0.15, 0.2) is 6.61 Å². The van der Waals surface area contributed by atoms with Crippen molar-refractivity contribution in [1.29, 1.82) is 0 Å². The number of benzene rings is 2. The lowest BCUT2D eigenvalue weighted by molar-refractivity contribution is -0.119. The van der Waals surface area contributed by atoms with Crippen molar-refractivity contribution in [2.45, 2.75) is 13.5 Å². The summed E-state index contributed by atoms with van der Waals surface area (Å²) in [4.78, 5) is 40.6. The predicted octanol–water partition coefficient (Wildman–Crippen LogP) is 3.77. The minimum atomic E-state index is -0.705. The molecule has 0 radical (unpaired) electrons. The number of aryl methyl sites for hydroxylation is 1. The zero-order valence-corrected chi connectivity index (χ0v) is 17.5. The summed E-state index contributed by atoms with van der Waals surface area (Å²) in [6, 6.07) is 17.3. The number of hydrogen-bond donors (Lipinski definition) is 2. The number of carbonyl (C=O) groups excluding carboxylic acids is 3. The van der Waals surface area contributed by atoms with Crippen molar-refractivity contribution in [3.05, 3.63) is 94.3 Å². The molecule has 0 unspecified atom stereocenters. The van der Waals surface area contributed by atoms with Gasteiger partial charge in [-0.1, -0.05) is 53.6 Å². The van der Waals surface area contributed by atoms with Gasteiger partial charge < -0.3 is 15.4 Å². The van der Waals surface area contributed by atoms with Crippen molar-refractivity contribution >= 4 is 35.1 Å². The molecule has 1 aromatic heterocycles. The molecule has 2 N–H and O–H groups in total. The van der Waals surface area contributed by atoms with Crippen molar-refractivity contribution in [1.82, 2.24) is 10.3 Å². The second-order valence-corrected chi connectivity index (χ2v) is 7.10. The summed E-state index contributed by atoms with van der Waals surface area (Å²) in [6.45, 7) is 1.83. The summed E-state index contributed by atoms with van der Waals surface area (Å²) in [5.74, 6) is -1.61. The third-order valence-electron chi connectivity index (χ3n) is 4.32. The number of nitrogens with zero attached hydrogens (tertiary/aromatic N) is 1. The molecule has 0 bridgehead atoms. The van der Waals surface area contributed by atoms with E-state index in [1.807, 2.05) is 31.2 Å². The summed E-state index contributed by atoms with van der Waals surface area (Å²) in [5.41, 5.74) is 2.89. The Labute approximate surface area is 184 Å². The lowest BCUT2D eigenvalue weighted by Crippen LogP contribution is -2.26. The number of anilines is 1. The molecular weight excluding hydrogens is 418 g/mol. The SMILES string of the molecule is Cc1ccc(CNC(=O)c2ccccc2NC(=O)COC(=O)c2ccc(Cl)nc2)cc1. The Balaban J connectivity index is 1.57. The maximum Gasteiger partial charge on any atom is 0.340 e. The van der Waals surface area contributed by atoms with E-state index < -0.39 is 18.5 Å². The molecule has 2 aromatic carbocycles. The van der Waals surface area contributed by atoms with Crippen LogP contribution in [0.3, 0.4) is 0 Å². The molecule has 0 atom stereocenters. The highest BCUT2D eigenvalue weighted by molar-refractivity contribution is 6.29. The third-order valence-corrected chi connectivity index (χ3v) is 4.54. The molecular formula is C23H20ClN3O4. The molecule has 8 heteroatoms. The zero-order valence-electron chi connectivity index (χ0n) is 16.7. The maximum atomic E-state index is 12.6. The Hall–Kier alpha value is -3.71. The fourth-order valence-corrected chi connectivity index (χ4v) is 2.78. The quantitative estimate of drug-likeness (QED) is 0.433. The molecule has 3 aromatic rings. The summed E-state index contributed by atoms with van der Waals surface area (Å²) < 4.78 is 4.98. The van der Waals surface area contributed by atoms with Crippen LogP contribution in [0.25, 0.3) is 0 Å². The van der Waals surface area contributed by atoms with Crippen LogP contribution >= 0.6 is 11.6 Å². The molecule has 0 aliphatic rings. The van der Waals surface area contributed by atoms with E-state index >= 15 is 0 Å². The number of amides is 2. The lowest BCUT2D eigenvalue weighted by atomic mass is 10.1. The first-order chi connectivity index (χ1) is 14.9. The fraction of sp³-hybridized carbons (Fsp3) is 0.130. The van der Waals surface area contributed by atoms with Crippen LogP contribution in [0, 0.1) is 6.92 Å². The van der Waals surface area contributed by atoms with Crippen LogP contribution in [0.1, 0.15) is 31.8 Å². The highest BCUT2D eigenvalue weighted by Gasteiger charge is 2.15. The largest absolute Gasteiger partial charge is 0.452 e. The molecule has 7 nitrogen and oxygen atoms in total. The minimum Gasteiger partial charge on any atom is -0.452 e. The average molecular weight is 438 g/mol. The Morgan fingerprint density at radius 3 is 2.45 bits per heavy atom. The number of pyridine rings is 1. The number of esters is 1. The smallest absolute Gasteiger partial charge is 0.340 e. The monoisotopic (exact) mass is 437 g/mol. The van der Waals surface area contributed by atoms with Crippen LogP contribution in [0.2, 0.25) is 5.15 Å².